The lowest BCUT2D eigenvalue weighted by atomic mass is 10.0. The Balaban J connectivity index is 0.786. The van der Waals surface area contributed by atoms with Crippen LogP contribution in [0.3, 0.4) is 0 Å². The van der Waals surface area contributed by atoms with Gasteiger partial charge in [0.1, 0.15) is 34.5 Å². The van der Waals surface area contributed by atoms with E-state index < -0.39 is 23.9 Å². The fraction of sp³-hybridized carbons (Fsp3) is 0.333. The van der Waals surface area contributed by atoms with Gasteiger partial charge >= 0.3 is 23.9 Å². The molecule has 0 aliphatic carbocycles. The molecule has 0 N–H and O–H groups in total. The van der Waals surface area contributed by atoms with Gasteiger partial charge in [-0.3, -0.25) is 0 Å². The maximum atomic E-state index is 13.0. The lowest BCUT2D eigenvalue weighted by molar-refractivity contribution is 0.0720. The summed E-state index contributed by atoms with van der Waals surface area (Å²) < 4.78 is 34.2. The van der Waals surface area contributed by atoms with Crippen molar-refractivity contribution in [2.75, 3.05) is 13.2 Å². The van der Waals surface area contributed by atoms with E-state index in [9.17, 15) is 19.2 Å². The van der Waals surface area contributed by atoms with Gasteiger partial charge in [-0.15, -0.1) is 0 Å². The highest BCUT2D eigenvalue weighted by Gasteiger charge is 2.15. The molecule has 10 nitrogen and oxygen atoms in total. The zero-order valence-electron chi connectivity index (χ0n) is 47.8. The summed E-state index contributed by atoms with van der Waals surface area (Å²) in [5.41, 5.74) is 4.74. The third kappa shape index (κ3) is 21.6. The average Bonchev–Trinajstić information content (AvgIpc) is 3.60. The van der Waals surface area contributed by atoms with Crippen LogP contribution in [0.15, 0.2) is 170 Å². The molecule has 7 aromatic rings. The molecule has 0 bridgehead atoms. The fourth-order valence-electron chi connectivity index (χ4n) is 9.16. The molecule has 0 saturated carbocycles. The minimum Gasteiger partial charge on any atom is -0.494 e. The van der Waals surface area contributed by atoms with Crippen molar-refractivity contribution < 1.29 is 47.6 Å². The van der Waals surface area contributed by atoms with Crippen LogP contribution in [0.25, 0.3) is 11.1 Å². The zero-order valence-corrected chi connectivity index (χ0v) is 47.8. The van der Waals surface area contributed by atoms with E-state index >= 15 is 0 Å². The highest BCUT2D eigenvalue weighted by molar-refractivity contribution is 5.94. The molecule has 7 aromatic carbocycles. The van der Waals surface area contributed by atoms with E-state index in [1.165, 1.54) is 103 Å². The molecule has 0 spiro atoms. The van der Waals surface area contributed by atoms with E-state index in [4.69, 9.17) is 28.4 Å². The van der Waals surface area contributed by atoms with Gasteiger partial charge in [0.15, 0.2) is 0 Å². The van der Waals surface area contributed by atoms with Crippen molar-refractivity contribution in [3.05, 3.63) is 203 Å². The molecule has 0 fully saturated rings. The Hall–Kier alpha value is -8.42. The first kappa shape index (κ1) is 61.2. The van der Waals surface area contributed by atoms with Crippen LogP contribution in [-0.2, 0) is 0 Å². The first-order chi connectivity index (χ1) is 40.2. The summed E-state index contributed by atoms with van der Waals surface area (Å²) in [6, 6.07) is 48.2. The van der Waals surface area contributed by atoms with Gasteiger partial charge in [0.2, 0.25) is 0 Å². The van der Waals surface area contributed by atoms with Crippen LogP contribution in [0.5, 0.6) is 34.5 Å². The molecule has 7 rings (SSSR count). The molecule has 0 atom stereocenters. The summed E-state index contributed by atoms with van der Waals surface area (Å²) in [7, 11) is 0. The van der Waals surface area contributed by atoms with Crippen molar-refractivity contribution >= 4 is 23.9 Å². The van der Waals surface area contributed by atoms with Gasteiger partial charge in [0.25, 0.3) is 0 Å². The van der Waals surface area contributed by atoms with Crippen LogP contribution in [-0.4, -0.2) is 37.1 Å². The molecule has 0 unspecified atom stereocenters. The van der Waals surface area contributed by atoms with Gasteiger partial charge in [-0.2, -0.15) is 0 Å². The number of hydrogen-bond acceptors (Lipinski definition) is 10. The largest absolute Gasteiger partial charge is 0.494 e. The first-order valence-electron chi connectivity index (χ1n) is 29.6. The lowest BCUT2D eigenvalue weighted by Crippen LogP contribution is -2.10. The Bertz CT molecular complexity index is 3100. The SMILES string of the molecule is CCCCCCCCCCCCOc1ccc(C(=O)Oc2ccc(C(=O)Oc3ccc(C#Cc4cccc(-c5ccc(OC(=O)c6ccc(OC(=O)c7ccc(OCCCCCCCCCCCC)cc7)cc6)cc5)c4)cc3)cc2)cc1. The van der Waals surface area contributed by atoms with Gasteiger partial charge in [-0.05, 0) is 170 Å². The molecule has 0 aromatic heterocycles. The molecule has 0 radical (unpaired) electrons. The van der Waals surface area contributed by atoms with Crippen LogP contribution in [0.1, 0.15) is 195 Å². The second kappa shape index (κ2) is 34.7. The number of benzene rings is 7. The zero-order chi connectivity index (χ0) is 57.4. The van der Waals surface area contributed by atoms with Gasteiger partial charge in [0, 0.05) is 11.1 Å². The number of esters is 4. The minimum atomic E-state index is -0.558. The molecular formula is C72H78O10. The molecule has 82 heavy (non-hydrogen) atoms. The van der Waals surface area contributed by atoms with Gasteiger partial charge in [-0.1, -0.05) is 166 Å². The molecule has 0 saturated heterocycles. The monoisotopic (exact) mass is 1100 g/mol. The molecule has 426 valence electrons. The molecule has 0 heterocycles. The lowest BCUT2D eigenvalue weighted by Gasteiger charge is -2.09. The third-order valence-electron chi connectivity index (χ3n) is 14.0. The summed E-state index contributed by atoms with van der Waals surface area (Å²) in [5, 5.41) is 0. The van der Waals surface area contributed by atoms with E-state index in [1.54, 1.807) is 133 Å². The number of unbranched alkanes of at least 4 members (excludes halogenated alkanes) is 18. The van der Waals surface area contributed by atoms with Crippen molar-refractivity contribution in [2.45, 2.75) is 142 Å². The predicted octanol–water partition coefficient (Wildman–Crippen LogP) is 18.2. The second-order valence-electron chi connectivity index (χ2n) is 20.6. The normalized spacial score (nSPS) is 10.8. The number of rotatable bonds is 33. The summed E-state index contributed by atoms with van der Waals surface area (Å²) in [6.45, 7) is 5.79. The third-order valence-corrected chi connectivity index (χ3v) is 14.0. The highest BCUT2D eigenvalue weighted by Crippen LogP contribution is 2.26. The average molecular weight is 1100 g/mol. The smallest absolute Gasteiger partial charge is 0.343 e. The van der Waals surface area contributed by atoms with Crippen molar-refractivity contribution in [3.8, 4) is 57.5 Å². The summed E-state index contributed by atoms with van der Waals surface area (Å²) in [4.78, 5) is 51.8. The maximum absolute atomic E-state index is 13.0. The van der Waals surface area contributed by atoms with Crippen LogP contribution in [0.4, 0.5) is 0 Å². The van der Waals surface area contributed by atoms with Crippen molar-refractivity contribution in [2.24, 2.45) is 0 Å². The molecule has 10 heteroatoms. The van der Waals surface area contributed by atoms with Gasteiger partial charge in [-0.25, -0.2) is 19.2 Å². The van der Waals surface area contributed by atoms with E-state index in [0.29, 0.717) is 70.0 Å². The number of carbonyl (C=O) groups excluding carboxylic acids is 4. The number of carbonyl (C=O) groups is 4. The molecule has 0 amide bonds. The van der Waals surface area contributed by atoms with E-state index in [0.717, 1.165) is 47.9 Å². The summed E-state index contributed by atoms with van der Waals surface area (Å²) in [5.74, 6) is 7.01. The Kier molecular flexibility index (Phi) is 25.9. The van der Waals surface area contributed by atoms with E-state index in [2.05, 4.69) is 25.7 Å². The van der Waals surface area contributed by atoms with Crippen LogP contribution in [0, 0.1) is 11.8 Å². The van der Waals surface area contributed by atoms with E-state index in [1.807, 2.05) is 36.4 Å². The van der Waals surface area contributed by atoms with Crippen LogP contribution < -0.4 is 28.4 Å². The van der Waals surface area contributed by atoms with Crippen molar-refractivity contribution in [1.82, 2.24) is 0 Å². The fourth-order valence-corrected chi connectivity index (χ4v) is 9.16. The number of ether oxygens (including phenoxy) is 6. The van der Waals surface area contributed by atoms with E-state index in [-0.39, 0.29) is 0 Å². The predicted molar refractivity (Wildman–Crippen MR) is 325 cm³/mol. The standard InChI is InChI=1S/C72H78O10/c1-3-5-7-9-11-13-15-17-19-21-52-77-63-42-32-58(33-43-63)69(73)81-67-48-36-60(37-49-67)71(75)79-65-40-28-55(29-41-65)26-27-56-24-23-25-62(54-56)57-30-46-66(47-31-57)80-72(76)61-38-50-68(51-39-61)82-70(74)59-34-44-64(45-35-59)78-53-22-20-18-16-14-12-10-8-6-4-2/h23-25,28-51,54H,3-22,52-53H2,1-2H3. The minimum absolute atomic E-state index is 0.296. The molecule has 0 aliphatic rings. The highest BCUT2D eigenvalue weighted by atomic mass is 16.5. The van der Waals surface area contributed by atoms with Crippen LogP contribution in [0.2, 0.25) is 0 Å². The molecular weight excluding hydrogens is 1020 g/mol. The Morgan fingerprint density at radius 2 is 0.585 bits per heavy atom. The Morgan fingerprint density at radius 1 is 0.293 bits per heavy atom. The van der Waals surface area contributed by atoms with Gasteiger partial charge in [0.05, 0.1) is 35.5 Å². The first-order valence-corrected chi connectivity index (χ1v) is 29.6. The number of hydrogen-bond donors (Lipinski definition) is 0. The van der Waals surface area contributed by atoms with Gasteiger partial charge < -0.3 is 28.4 Å². The topological polar surface area (TPSA) is 124 Å². The Morgan fingerprint density at radius 3 is 0.939 bits per heavy atom. The summed E-state index contributed by atoms with van der Waals surface area (Å²) in [6.07, 6.45) is 25.3. The van der Waals surface area contributed by atoms with Crippen molar-refractivity contribution in [3.63, 3.8) is 0 Å². The quantitative estimate of drug-likeness (QED) is 0.0170. The Labute approximate surface area is 485 Å². The van der Waals surface area contributed by atoms with Crippen molar-refractivity contribution in [1.29, 1.82) is 0 Å². The summed E-state index contributed by atoms with van der Waals surface area (Å²) >= 11 is 0. The second-order valence-corrected chi connectivity index (χ2v) is 20.6. The maximum Gasteiger partial charge on any atom is 0.343 e. The van der Waals surface area contributed by atoms with Crippen LogP contribution >= 0.6 is 0 Å². The molecule has 0 aliphatic heterocycles.